The number of rotatable bonds is 35. The minimum atomic E-state index is 0.405. The minimum Gasteiger partial charge on any atom is -0.0740 e. The Morgan fingerprint density at radius 2 is 0.636 bits per heavy atom. The van der Waals surface area contributed by atoms with Gasteiger partial charge in [0.2, 0.25) is 0 Å². The Kier molecular flexibility index (Phi) is 29.3. The normalized spacial score (nSPS) is 14.4. The summed E-state index contributed by atoms with van der Waals surface area (Å²) in [5.74, 6) is 0. The fourth-order valence-electron chi connectivity index (χ4n) is 7.88. The molecule has 44 heavy (non-hydrogen) atoms. The van der Waals surface area contributed by atoms with E-state index in [0.29, 0.717) is 5.41 Å². The summed E-state index contributed by atoms with van der Waals surface area (Å²) in [5.41, 5.74) is 4.13. The lowest BCUT2D eigenvalue weighted by molar-refractivity contribution is 0.342. The molecular weight excluding hydrogens is 528 g/mol. The van der Waals surface area contributed by atoms with Crippen LogP contribution in [0.5, 0.6) is 0 Å². The average Bonchev–Trinajstić information content (AvgIpc) is 3.37. The van der Waals surface area contributed by atoms with Crippen LogP contribution in [0.3, 0.4) is 0 Å². The Balaban J connectivity index is 2.78. The molecule has 0 aliphatic heterocycles. The van der Waals surface area contributed by atoms with Crippen LogP contribution >= 0.6 is 0 Å². The Morgan fingerprint density at radius 3 is 1.00 bits per heavy atom. The molecule has 0 radical (unpaired) electrons. The lowest BCUT2D eigenvalue weighted by Gasteiger charge is -2.33. The van der Waals surface area contributed by atoms with Gasteiger partial charge in [0.15, 0.2) is 0 Å². The van der Waals surface area contributed by atoms with Gasteiger partial charge in [0.1, 0.15) is 0 Å². The molecule has 260 valence electrons. The first kappa shape index (κ1) is 41.5. The van der Waals surface area contributed by atoms with E-state index in [-0.39, 0.29) is 0 Å². The van der Waals surface area contributed by atoms with Gasteiger partial charge in [-0.1, -0.05) is 232 Å². The number of unbranched alkanes of at least 4 members (excludes halogenated alkanes) is 27. The van der Waals surface area contributed by atoms with Gasteiger partial charge in [-0.2, -0.15) is 0 Å². The zero-order chi connectivity index (χ0) is 31.8. The zero-order valence-electron chi connectivity index (χ0n) is 31.4. The van der Waals surface area contributed by atoms with Crippen LogP contribution in [-0.4, -0.2) is 0 Å². The van der Waals surface area contributed by atoms with E-state index in [1.54, 1.807) is 5.57 Å². The number of allylic oxidation sites excluding steroid dienone is 4. The van der Waals surface area contributed by atoms with E-state index in [1.807, 2.05) is 5.57 Å². The summed E-state index contributed by atoms with van der Waals surface area (Å²) in [6, 6.07) is 0. The van der Waals surface area contributed by atoms with Gasteiger partial charge in [-0.25, -0.2) is 0 Å². The van der Waals surface area contributed by atoms with Crippen molar-refractivity contribution in [2.45, 2.75) is 252 Å². The summed E-state index contributed by atoms with van der Waals surface area (Å²) in [5, 5.41) is 0. The maximum atomic E-state index is 2.77. The molecule has 1 rings (SSSR count). The van der Waals surface area contributed by atoms with E-state index < -0.39 is 0 Å². The van der Waals surface area contributed by atoms with E-state index in [9.17, 15) is 0 Å². The molecule has 0 spiro atoms. The van der Waals surface area contributed by atoms with Crippen molar-refractivity contribution in [3.8, 4) is 0 Å². The summed E-state index contributed by atoms with van der Waals surface area (Å²) in [6.45, 7) is 9.34. The van der Waals surface area contributed by atoms with Crippen LogP contribution in [0, 0.1) is 5.41 Å². The Morgan fingerprint density at radius 1 is 0.341 bits per heavy atom. The molecule has 0 fully saturated rings. The van der Waals surface area contributed by atoms with Crippen LogP contribution in [0.15, 0.2) is 23.3 Å². The van der Waals surface area contributed by atoms with Gasteiger partial charge in [-0.05, 0) is 44.1 Å². The molecule has 0 heterocycles. The van der Waals surface area contributed by atoms with Crippen molar-refractivity contribution in [3.05, 3.63) is 23.3 Å². The van der Waals surface area contributed by atoms with Gasteiger partial charge in [-0.15, -0.1) is 0 Å². The highest BCUT2D eigenvalue weighted by Crippen LogP contribution is 2.49. The molecule has 0 saturated heterocycles. The fraction of sp³-hybridized carbons (Fsp3) is 0.909. The Hall–Kier alpha value is -0.520. The molecule has 0 atom stereocenters. The second-order valence-corrected chi connectivity index (χ2v) is 15.0. The first-order valence-corrected chi connectivity index (χ1v) is 21.2. The molecule has 0 N–H and O–H groups in total. The van der Waals surface area contributed by atoms with Gasteiger partial charge in [0, 0.05) is 5.41 Å². The first-order valence-electron chi connectivity index (χ1n) is 21.2. The summed E-state index contributed by atoms with van der Waals surface area (Å²) >= 11 is 0. The van der Waals surface area contributed by atoms with Crippen molar-refractivity contribution in [1.29, 1.82) is 0 Å². The standard InChI is InChI=1S/C44H84/c1-5-9-13-17-21-23-25-29-33-37-43-42(36-32-28-24-22-18-14-10-6-2)38-41-44(43,39-34-30-26-19-15-11-7-3)40-35-31-27-20-16-12-8-4/h38,41H,5-37,39-40H2,1-4H3. The Labute approximate surface area is 280 Å². The highest BCUT2D eigenvalue weighted by Gasteiger charge is 2.35. The molecule has 0 saturated carbocycles. The third-order valence-electron chi connectivity index (χ3n) is 10.9. The molecule has 0 amide bonds. The fourth-order valence-corrected chi connectivity index (χ4v) is 7.88. The quantitative estimate of drug-likeness (QED) is 0.0624. The highest BCUT2D eigenvalue weighted by atomic mass is 14.4. The van der Waals surface area contributed by atoms with Gasteiger partial charge in [0.05, 0.1) is 0 Å². The predicted molar refractivity (Wildman–Crippen MR) is 203 cm³/mol. The van der Waals surface area contributed by atoms with Gasteiger partial charge < -0.3 is 0 Å². The van der Waals surface area contributed by atoms with E-state index in [2.05, 4.69) is 39.8 Å². The molecule has 0 aromatic heterocycles. The van der Waals surface area contributed by atoms with E-state index >= 15 is 0 Å². The van der Waals surface area contributed by atoms with Crippen molar-refractivity contribution in [1.82, 2.24) is 0 Å². The van der Waals surface area contributed by atoms with Crippen molar-refractivity contribution in [3.63, 3.8) is 0 Å². The minimum absolute atomic E-state index is 0.405. The molecule has 0 aromatic rings. The molecule has 0 heteroatoms. The van der Waals surface area contributed by atoms with Crippen LogP contribution in [0.4, 0.5) is 0 Å². The highest BCUT2D eigenvalue weighted by molar-refractivity contribution is 5.42. The SMILES string of the molecule is CCCCCCCCCCCC1=C(CCCCCCCCCC)C=CC1(CCCCCCCCC)CCCCCCCCC. The summed E-state index contributed by atoms with van der Waals surface area (Å²) in [4.78, 5) is 0. The molecule has 0 aromatic carbocycles. The van der Waals surface area contributed by atoms with Gasteiger partial charge >= 0.3 is 0 Å². The van der Waals surface area contributed by atoms with Crippen LogP contribution in [-0.2, 0) is 0 Å². The predicted octanol–water partition coefficient (Wildman–Crippen LogP) is 16.6. The van der Waals surface area contributed by atoms with Crippen molar-refractivity contribution in [2.24, 2.45) is 5.41 Å². The van der Waals surface area contributed by atoms with Crippen LogP contribution in [0.25, 0.3) is 0 Å². The number of hydrogen-bond donors (Lipinski definition) is 0. The molecule has 1 aliphatic carbocycles. The van der Waals surface area contributed by atoms with Crippen LogP contribution in [0.1, 0.15) is 252 Å². The largest absolute Gasteiger partial charge is 0.0740 e. The Bertz CT molecular complexity index is 633. The maximum absolute atomic E-state index is 2.77. The molecule has 0 bridgehead atoms. The molecular formula is C44H84. The lowest BCUT2D eigenvalue weighted by atomic mass is 9.71. The van der Waals surface area contributed by atoms with E-state index in [0.717, 1.165) is 0 Å². The topological polar surface area (TPSA) is 0 Å². The molecule has 1 aliphatic rings. The zero-order valence-corrected chi connectivity index (χ0v) is 31.4. The van der Waals surface area contributed by atoms with Crippen molar-refractivity contribution < 1.29 is 0 Å². The smallest absolute Gasteiger partial charge is 0.00997 e. The van der Waals surface area contributed by atoms with Crippen LogP contribution < -0.4 is 0 Å². The number of hydrogen-bond acceptors (Lipinski definition) is 0. The van der Waals surface area contributed by atoms with E-state index in [1.165, 1.54) is 225 Å². The monoisotopic (exact) mass is 613 g/mol. The second kappa shape index (κ2) is 31.1. The van der Waals surface area contributed by atoms with Crippen molar-refractivity contribution in [2.75, 3.05) is 0 Å². The van der Waals surface area contributed by atoms with E-state index in [4.69, 9.17) is 0 Å². The third-order valence-corrected chi connectivity index (χ3v) is 10.9. The summed E-state index contributed by atoms with van der Waals surface area (Å²) in [7, 11) is 0. The van der Waals surface area contributed by atoms with Gasteiger partial charge in [0.25, 0.3) is 0 Å². The summed E-state index contributed by atoms with van der Waals surface area (Å²) in [6.07, 6.45) is 55.6. The second-order valence-electron chi connectivity index (χ2n) is 15.0. The molecule has 0 nitrogen and oxygen atoms in total. The maximum Gasteiger partial charge on any atom is 0.00997 e. The van der Waals surface area contributed by atoms with Crippen LogP contribution in [0.2, 0.25) is 0 Å². The summed E-state index contributed by atoms with van der Waals surface area (Å²) < 4.78 is 0. The van der Waals surface area contributed by atoms with Gasteiger partial charge in [-0.3, -0.25) is 0 Å². The lowest BCUT2D eigenvalue weighted by Crippen LogP contribution is -2.20. The average molecular weight is 613 g/mol. The van der Waals surface area contributed by atoms with Crippen molar-refractivity contribution >= 4 is 0 Å². The first-order chi connectivity index (χ1) is 21.7. The molecule has 0 unspecified atom stereocenters. The third kappa shape index (κ3) is 21.3.